The third-order valence-electron chi connectivity index (χ3n) is 4.22. The van der Waals surface area contributed by atoms with Crippen LogP contribution in [0.15, 0.2) is 24.3 Å². The smallest absolute Gasteiger partial charge is 0.248 e. The fraction of sp³-hybridized carbons (Fsp3) is 0.588. The lowest BCUT2D eigenvalue weighted by atomic mass is 10.0. The van der Waals surface area contributed by atoms with E-state index < -0.39 is 0 Å². The summed E-state index contributed by atoms with van der Waals surface area (Å²) in [6.07, 6.45) is 3.90. The minimum absolute atomic E-state index is 0.367. The van der Waals surface area contributed by atoms with E-state index in [4.69, 9.17) is 5.73 Å². The highest BCUT2D eigenvalue weighted by Crippen LogP contribution is 2.14. The van der Waals surface area contributed by atoms with Gasteiger partial charge in [-0.1, -0.05) is 18.6 Å². The molecule has 1 aromatic rings. The molecule has 0 aromatic heterocycles. The van der Waals surface area contributed by atoms with Crippen LogP contribution in [0.4, 0.5) is 0 Å². The van der Waals surface area contributed by atoms with Crippen LogP contribution >= 0.6 is 0 Å². The van der Waals surface area contributed by atoms with Crippen LogP contribution in [0.25, 0.3) is 0 Å². The van der Waals surface area contributed by atoms with Gasteiger partial charge in [0.05, 0.1) is 0 Å². The molecule has 0 saturated carbocycles. The molecule has 0 aliphatic carbocycles. The molecule has 1 aliphatic rings. The Hall–Kier alpha value is -1.39. The minimum Gasteiger partial charge on any atom is -0.366 e. The Balaban J connectivity index is 1.96. The molecule has 4 nitrogen and oxygen atoms in total. The van der Waals surface area contributed by atoms with Crippen LogP contribution in [0.3, 0.4) is 0 Å². The number of rotatable bonds is 6. The van der Waals surface area contributed by atoms with Gasteiger partial charge in [0, 0.05) is 30.7 Å². The highest BCUT2D eigenvalue weighted by molar-refractivity contribution is 5.92. The predicted octanol–water partition coefficient (Wildman–Crippen LogP) is 2.14. The molecule has 0 bridgehead atoms. The van der Waals surface area contributed by atoms with Gasteiger partial charge in [-0.2, -0.15) is 0 Å². The van der Waals surface area contributed by atoms with Crippen molar-refractivity contribution in [1.82, 2.24) is 10.2 Å². The summed E-state index contributed by atoms with van der Waals surface area (Å²) in [6, 6.07) is 8.74. The number of carbonyl (C=O) groups is 1. The summed E-state index contributed by atoms with van der Waals surface area (Å²) in [7, 11) is 0. The Labute approximate surface area is 127 Å². The lowest BCUT2D eigenvalue weighted by Crippen LogP contribution is -2.45. The Kier molecular flexibility index (Phi) is 5.76. The molecule has 1 heterocycles. The van der Waals surface area contributed by atoms with Crippen LogP contribution in [0.5, 0.6) is 0 Å². The Morgan fingerprint density at radius 3 is 2.57 bits per heavy atom. The van der Waals surface area contributed by atoms with Gasteiger partial charge >= 0.3 is 0 Å². The molecule has 1 unspecified atom stereocenters. The first-order chi connectivity index (χ1) is 10.1. The Morgan fingerprint density at radius 2 is 2.05 bits per heavy atom. The summed E-state index contributed by atoms with van der Waals surface area (Å²) in [5.74, 6) is -0.367. The summed E-state index contributed by atoms with van der Waals surface area (Å²) in [6.45, 7) is 7.61. The highest BCUT2D eigenvalue weighted by atomic mass is 16.1. The molecule has 1 fully saturated rings. The van der Waals surface area contributed by atoms with Gasteiger partial charge in [0.2, 0.25) is 5.91 Å². The molecule has 1 atom stereocenters. The van der Waals surface area contributed by atoms with E-state index in [-0.39, 0.29) is 5.91 Å². The molecule has 1 amide bonds. The molecule has 21 heavy (non-hydrogen) atoms. The fourth-order valence-corrected chi connectivity index (χ4v) is 2.83. The monoisotopic (exact) mass is 289 g/mol. The maximum absolute atomic E-state index is 11.1. The number of carbonyl (C=O) groups excluding carboxylic acids is 1. The average molecular weight is 289 g/mol. The molecular weight excluding hydrogens is 262 g/mol. The van der Waals surface area contributed by atoms with E-state index in [0.717, 1.165) is 19.6 Å². The van der Waals surface area contributed by atoms with Crippen LogP contribution in [0, 0.1) is 0 Å². The van der Waals surface area contributed by atoms with Gasteiger partial charge in [0.15, 0.2) is 0 Å². The zero-order valence-corrected chi connectivity index (χ0v) is 13.1. The number of amides is 1. The van der Waals surface area contributed by atoms with E-state index in [0.29, 0.717) is 17.6 Å². The number of nitrogens with one attached hydrogen (secondary N) is 1. The Bertz CT molecular complexity index is 450. The first-order valence-corrected chi connectivity index (χ1v) is 7.92. The van der Waals surface area contributed by atoms with Crippen molar-refractivity contribution in [2.75, 3.05) is 13.1 Å². The lowest BCUT2D eigenvalue weighted by Gasteiger charge is -2.33. The van der Waals surface area contributed by atoms with E-state index in [9.17, 15) is 4.79 Å². The first-order valence-electron chi connectivity index (χ1n) is 7.92. The lowest BCUT2D eigenvalue weighted by molar-refractivity contribution is 0.1000. The number of nitrogens with two attached hydrogens (primary N) is 1. The normalized spacial score (nSPS) is 19.1. The van der Waals surface area contributed by atoms with Crippen molar-refractivity contribution in [1.29, 1.82) is 0 Å². The van der Waals surface area contributed by atoms with Gasteiger partial charge in [-0.3, -0.25) is 9.69 Å². The standard InChI is InChI=1S/C17H27N3O/c1-13(2)20(12-16-5-3-4-10-19-16)11-14-6-8-15(9-7-14)17(18)21/h6-9,13,16,19H,3-5,10-12H2,1-2H3,(H2,18,21). The second-order valence-corrected chi connectivity index (χ2v) is 6.23. The van der Waals surface area contributed by atoms with Gasteiger partial charge in [-0.05, 0) is 50.9 Å². The second-order valence-electron chi connectivity index (χ2n) is 6.23. The maximum Gasteiger partial charge on any atom is 0.248 e. The van der Waals surface area contributed by atoms with Crippen molar-refractivity contribution in [3.8, 4) is 0 Å². The van der Waals surface area contributed by atoms with Crippen molar-refractivity contribution in [3.05, 3.63) is 35.4 Å². The van der Waals surface area contributed by atoms with Crippen LogP contribution in [-0.2, 0) is 6.54 Å². The largest absolute Gasteiger partial charge is 0.366 e. The van der Waals surface area contributed by atoms with Gasteiger partial charge in [0.25, 0.3) is 0 Å². The summed E-state index contributed by atoms with van der Waals surface area (Å²) in [4.78, 5) is 13.6. The summed E-state index contributed by atoms with van der Waals surface area (Å²) >= 11 is 0. The van der Waals surface area contributed by atoms with Crippen LogP contribution in [0.2, 0.25) is 0 Å². The minimum atomic E-state index is -0.367. The van der Waals surface area contributed by atoms with Gasteiger partial charge in [-0.25, -0.2) is 0 Å². The number of hydrogen-bond acceptors (Lipinski definition) is 3. The summed E-state index contributed by atoms with van der Waals surface area (Å²) in [5.41, 5.74) is 7.08. The molecule has 0 radical (unpaired) electrons. The molecule has 4 heteroatoms. The van der Waals surface area contributed by atoms with E-state index in [2.05, 4.69) is 24.1 Å². The SMILES string of the molecule is CC(C)N(Cc1ccc(C(N)=O)cc1)CC1CCCCN1. The number of primary amides is 1. The number of hydrogen-bond donors (Lipinski definition) is 2. The molecular formula is C17H27N3O. The molecule has 1 aromatic carbocycles. The fourth-order valence-electron chi connectivity index (χ4n) is 2.83. The van der Waals surface area contributed by atoms with E-state index in [1.54, 1.807) is 0 Å². The third-order valence-corrected chi connectivity index (χ3v) is 4.22. The van der Waals surface area contributed by atoms with Crippen LogP contribution < -0.4 is 11.1 Å². The highest BCUT2D eigenvalue weighted by Gasteiger charge is 2.18. The third kappa shape index (κ3) is 4.83. The zero-order valence-electron chi connectivity index (χ0n) is 13.1. The molecule has 2 rings (SSSR count). The Morgan fingerprint density at radius 1 is 1.33 bits per heavy atom. The molecule has 1 saturated heterocycles. The van der Waals surface area contributed by atoms with Gasteiger partial charge < -0.3 is 11.1 Å². The van der Waals surface area contributed by atoms with E-state index in [1.165, 1.54) is 24.8 Å². The summed E-state index contributed by atoms with van der Waals surface area (Å²) < 4.78 is 0. The van der Waals surface area contributed by atoms with Gasteiger partial charge in [0.1, 0.15) is 0 Å². The molecule has 3 N–H and O–H groups in total. The van der Waals surface area contributed by atoms with Crippen LogP contribution in [-0.4, -0.2) is 36.0 Å². The topological polar surface area (TPSA) is 58.4 Å². The first kappa shape index (κ1) is 16.0. The maximum atomic E-state index is 11.1. The van der Waals surface area contributed by atoms with Crippen molar-refractivity contribution in [3.63, 3.8) is 0 Å². The number of piperidine rings is 1. The van der Waals surface area contributed by atoms with Crippen molar-refractivity contribution in [2.24, 2.45) is 5.73 Å². The number of benzene rings is 1. The molecule has 1 aliphatic heterocycles. The second kappa shape index (κ2) is 7.57. The average Bonchev–Trinajstić information content (AvgIpc) is 2.48. The molecule has 0 spiro atoms. The van der Waals surface area contributed by atoms with Crippen molar-refractivity contribution < 1.29 is 4.79 Å². The van der Waals surface area contributed by atoms with Crippen LogP contribution in [0.1, 0.15) is 49.0 Å². The summed E-state index contributed by atoms with van der Waals surface area (Å²) in [5, 5.41) is 3.61. The number of nitrogens with zero attached hydrogens (tertiary/aromatic N) is 1. The van der Waals surface area contributed by atoms with E-state index in [1.807, 2.05) is 24.3 Å². The molecule has 116 valence electrons. The van der Waals surface area contributed by atoms with Gasteiger partial charge in [-0.15, -0.1) is 0 Å². The quantitative estimate of drug-likeness (QED) is 0.843. The van der Waals surface area contributed by atoms with Crippen molar-refractivity contribution >= 4 is 5.91 Å². The van der Waals surface area contributed by atoms with Crippen molar-refractivity contribution in [2.45, 2.75) is 51.7 Å². The van der Waals surface area contributed by atoms with E-state index >= 15 is 0 Å². The zero-order chi connectivity index (χ0) is 15.2. The predicted molar refractivity (Wildman–Crippen MR) is 86.1 cm³/mol.